The van der Waals surface area contributed by atoms with Gasteiger partial charge >= 0.3 is 6.03 Å². The van der Waals surface area contributed by atoms with E-state index in [1.165, 1.54) is 18.8 Å². The maximum atomic E-state index is 12.0. The van der Waals surface area contributed by atoms with E-state index in [0.29, 0.717) is 11.0 Å². The van der Waals surface area contributed by atoms with Gasteiger partial charge in [-0.15, -0.1) is 10.2 Å². The van der Waals surface area contributed by atoms with Crippen LogP contribution in [0.4, 0.5) is 4.79 Å². The van der Waals surface area contributed by atoms with Crippen molar-refractivity contribution in [3.8, 4) is 17.1 Å². The molecule has 2 N–H and O–H groups in total. The number of hydrogen-bond donors (Lipinski definition) is 2. The van der Waals surface area contributed by atoms with Gasteiger partial charge in [-0.2, -0.15) is 0 Å². The van der Waals surface area contributed by atoms with Crippen LogP contribution < -0.4 is 10.6 Å². The third kappa shape index (κ3) is 4.80. The molecule has 8 nitrogen and oxygen atoms in total. The van der Waals surface area contributed by atoms with Crippen molar-refractivity contribution in [1.29, 1.82) is 0 Å². The Labute approximate surface area is 173 Å². The number of para-hydroxylation sites is 1. The van der Waals surface area contributed by atoms with Gasteiger partial charge in [0.15, 0.2) is 11.0 Å². The molecule has 3 amide bonds. The van der Waals surface area contributed by atoms with Gasteiger partial charge in [0.1, 0.15) is 0 Å². The van der Waals surface area contributed by atoms with Crippen molar-refractivity contribution in [3.05, 3.63) is 54.4 Å². The van der Waals surface area contributed by atoms with Crippen LogP contribution >= 0.6 is 11.8 Å². The standard InChI is InChI=1S/C20H22N6O2S/c1-13(2)15-8-4-5-9-16(15)26-18(14-7-6-10-22-11-14)24-25-20(26)29-12-17(27)23-19(28)21-3/h4-11,13H,12H2,1-3H3,(H2,21,23,27,28). The lowest BCUT2D eigenvalue weighted by Gasteiger charge is -2.16. The van der Waals surface area contributed by atoms with Crippen LogP contribution in [0.15, 0.2) is 53.9 Å². The molecule has 2 heterocycles. The van der Waals surface area contributed by atoms with E-state index < -0.39 is 11.9 Å². The van der Waals surface area contributed by atoms with Gasteiger partial charge < -0.3 is 5.32 Å². The number of rotatable bonds is 6. The molecule has 2 aromatic heterocycles. The molecule has 3 aromatic rings. The number of aromatic nitrogens is 4. The van der Waals surface area contributed by atoms with Crippen molar-refractivity contribution in [2.45, 2.75) is 24.9 Å². The van der Waals surface area contributed by atoms with Gasteiger partial charge in [-0.25, -0.2) is 4.79 Å². The molecule has 1 aromatic carbocycles. The largest absolute Gasteiger partial charge is 0.341 e. The van der Waals surface area contributed by atoms with E-state index >= 15 is 0 Å². The van der Waals surface area contributed by atoms with E-state index in [2.05, 4.69) is 45.7 Å². The third-order valence-electron chi connectivity index (χ3n) is 4.17. The average molecular weight is 411 g/mol. The highest BCUT2D eigenvalue weighted by Crippen LogP contribution is 2.31. The Balaban J connectivity index is 2.01. The molecule has 150 valence electrons. The number of carbonyl (C=O) groups is 2. The first-order valence-electron chi connectivity index (χ1n) is 9.10. The number of benzene rings is 1. The van der Waals surface area contributed by atoms with Crippen molar-refractivity contribution in [2.75, 3.05) is 12.8 Å². The molecule has 0 saturated carbocycles. The summed E-state index contributed by atoms with van der Waals surface area (Å²) in [6, 6.07) is 11.2. The minimum atomic E-state index is -0.543. The van der Waals surface area contributed by atoms with Crippen LogP contribution in [0.5, 0.6) is 0 Å². The molecule has 29 heavy (non-hydrogen) atoms. The Kier molecular flexibility index (Phi) is 6.61. The van der Waals surface area contributed by atoms with E-state index in [-0.39, 0.29) is 11.7 Å². The lowest BCUT2D eigenvalue weighted by Crippen LogP contribution is -2.38. The molecule has 3 rings (SSSR count). The maximum Gasteiger partial charge on any atom is 0.321 e. The number of hydrogen-bond acceptors (Lipinski definition) is 6. The van der Waals surface area contributed by atoms with Gasteiger partial charge in [0.2, 0.25) is 5.91 Å². The Hall–Kier alpha value is -3.20. The summed E-state index contributed by atoms with van der Waals surface area (Å²) in [4.78, 5) is 27.5. The minimum Gasteiger partial charge on any atom is -0.341 e. The highest BCUT2D eigenvalue weighted by Gasteiger charge is 2.20. The summed E-state index contributed by atoms with van der Waals surface area (Å²) < 4.78 is 1.93. The highest BCUT2D eigenvalue weighted by atomic mass is 32.2. The van der Waals surface area contributed by atoms with Crippen molar-refractivity contribution in [1.82, 2.24) is 30.4 Å². The SMILES string of the molecule is CNC(=O)NC(=O)CSc1nnc(-c2cccnc2)n1-c1ccccc1C(C)C. The fourth-order valence-corrected chi connectivity index (χ4v) is 3.54. The highest BCUT2D eigenvalue weighted by molar-refractivity contribution is 7.99. The second-order valence-electron chi connectivity index (χ2n) is 6.51. The molecule has 0 aliphatic rings. The first-order valence-corrected chi connectivity index (χ1v) is 10.1. The van der Waals surface area contributed by atoms with Crippen molar-refractivity contribution in [2.24, 2.45) is 0 Å². The van der Waals surface area contributed by atoms with E-state index in [9.17, 15) is 9.59 Å². The zero-order valence-corrected chi connectivity index (χ0v) is 17.2. The van der Waals surface area contributed by atoms with Crippen LogP contribution in [0.2, 0.25) is 0 Å². The molecular weight excluding hydrogens is 388 g/mol. The number of urea groups is 1. The predicted molar refractivity (Wildman–Crippen MR) is 112 cm³/mol. The van der Waals surface area contributed by atoms with E-state index in [1.54, 1.807) is 12.4 Å². The molecule has 0 aliphatic heterocycles. The van der Waals surface area contributed by atoms with Crippen molar-refractivity contribution < 1.29 is 9.59 Å². The van der Waals surface area contributed by atoms with Gasteiger partial charge in [0.25, 0.3) is 0 Å². The molecule has 0 radical (unpaired) electrons. The third-order valence-corrected chi connectivity index (χ3v) is 5.09. The van der Waals surface area contributed by atoms with Crippen LogP contribution in [0.3, 0.4) is 0 Å². The summed E-state index contributed by atoms with van der Waals surface area (Å²) in [5, 5.41) is 13.8. The second kappa shape index (κ2) is 9.33. The van der Waals surface area contributed by atoms with Crippen molar-refractivity contribution in [3.63, 3.8) is 0 Å². The number of nitrogens with zero attached hydrogens (tertiary/aromatic N) is 4. The Morgan fingerprint density at radius 2 is 1.93 bits per heavy atom. The Morgan fingerprint density at radius 1 is 1.14 bits per heavy atom. The number of imide groups is 1. The monoisotopic (exact) mass is 410 g/mol. The van der Waals surface area contributed by atoms with Crippen LogP contribution in [0.1, 0.15) is 25.3 Å². The molecule has 0 unspecified atom stereocenters. The molecule has 0 atom stereocenters. The predicted octanol–water partition coefficient (Wildman–Crippen LogP) is 3.00. The van der Waals surface area contributed by atoms with Crippen LogP contribution in [0.25, 0.3) is 17.1 Å². The van der Waals surface area contributed by atoms with E-state index in [0.717, 1.165) is 16.8 Å². The summed E-state index contributed by atoms with van der Waals surface area (Å²) in [5.74, 6) is 0.539. The van der Waals surface area contributed by atoms with Crippen LogP contribution in [-0.2, 0) is 4.79 Å². The summed E-state index contributed by atoms with van der Waals surface area (Å²) >= 11 is 1.22. The van der Waals surface area contributed by atoms with Crippen LogP contribution in [0, 0.1) is 0 Å². The fourth-order valence-electron chi connectivity index (χ4n) is 2.80. The molecule has 0 spiro atoms. The first-order chi connectivity index (χ1) is 14.0. The molecule has 0 fully saturated rings. The van der Waals surface area contributed by atoms with Crippen LogP contribution in [-0.4, -0.2) is 44.5 Å². The molecule has 0 bridgehead atoms. The molecule has 0 saturated heterocycles. The normalized spacial score (nSPS) is 10.8. The van der Waals surface area contributed by atoms with Gasteiger partial charge in [-0.1, -0.05) is 43.8 Å². The lowest BCUT2D eigenvalue weighted by molar-refractivity contribution is -0.117. The van der Waals surface area contributed by atoms with Crippen molar-refractivity contribution >= 4 is 23.7 Å². The number of nitrogens with one attached hydrogen (secondary N) is 2. The second-order valence-corrected chi connectivity index (χ2v) is 7.46. The van der Waals surface area contributed by atoms with E-state index in [4.69, 9.17) is 0 Å². The van der Waals surface area contributed by atoms with E-state index in [1.807, 2.05) is 34.9 Å². The quantitative estimate of drug-likeness (QED) is 0.606. The fraction of sp³-hybridized carbons (Fsp3) is 0.250. The molecular formula is C20H22N6O2S. The number of carbonyl (C=O) groups excluding carboxylic acids is 2. The smallest absolute Gasteiger partial charge is 0.321 e. The number of thioether (sulfide) groups is 1. The Morgan fingerprint density at radius 3 is 2.62 bits per heavy atom. The summed E-state index contributed by atoms with van der Waals surface area (Å²) in [5.41, 5.74) is 2.90. The molecule has 0 aliphatic carbocycles. The number of amides is 3. The van der Waals surface area contributed by atoms with Gasteiger partial charge in [-0.3, -0.25) is 19.7 Å². The Bertz CT molecular complexity index is 1000. The summed E-state index contributed by atoms with van der Waals surface area (Å²) in [6.07, 6.45) is 3.43. The van der Waals surface area contributed by atoms with Gasteiger partial charge in [0.05, 0.1) is 11.4 Å². The first kappa shape index (κ1) is 20.5. The maximum absolute atomic E-state index is 12.0. The molecule has 9 heteroatoms. The topological polar surface area (TPSA) is 102 Å². The zero-order chi connectivity index (χ0) is 20.8. The lowest BCUT2D eigenvalue weighted by atomic mass is 10.0. The minimum absolute atomic E-state index is 0.0302. The summed E-state index contributed by atoms with van der Waals surface area (Å²) in [7, 11) is 1.45. The van der Waals surface area contributed by atoms with Gasteiger partial charge in [-0.05, 0) is 29.7 Å². The summed E-state index contributed by atoms with van der Waals surface area (Å²) in [6.45, 7) is 4.24. The number of pyridine rings is 1. The average Bonchev–Trinajstić information content (AvgIpc) is 3.16. The zero-order valence-electron chi connectivity index (χ0n) is 16.4. The van der Waals surface area contributed by atoms with Gasteiger partial charge in [0, 0.05) is 25.0 Å².